The number of ether oxygens (including phenoxy) is 1. The van der Waals surface area contributed by atoms with Gasteiger partial charge >= 0.3 is 5.97 Å². The number of carbonyl (C=O) groups is 1. The molecular weight excluding hydrogens is 154 g/mol. The second-order valence-electron chi connectivity index (χ2n) is 3.98. The van der Waals surface area contributed by atoms with Gasteiger partial charge in [0.2, 0.25) is 0 Å². The second kappa shape index (κ2) is 2.73. The number of hydrogen-bond acceptors (Lipinski definition) is 3. The Morgan fingerprint density at radius 2 is 2.25 bits per heavy atom. The minimum absolute atomic E-state index is 0.0359. The van der Waals surface area contributed by atoms with E-state index in [-0.39, 0.29) is 12.0 Å². The van der Waals surface area contributed by atoms with Crippen LogP contribution in [-0.4, -0.2) is 25.7 Å². The van der Waals surface area contributed by atoms with Crippen LogP contribution in [0.5, 0.6) is 0 Å². The number of nitrogens with one attached hydrogen (secondary N) is 1. The summed E-state index contributed by atoms with van der Waals surface area (Å²) in [6.07, 6.45) is 4.84. The lowest BCUT2D eigenvalue weighted by molar-refractivity contribution is -0.144. The molecule has 0 aromatic heterocycles. The van der Waals surface area contributed by atoms with Gasteiger partial charge in [0.25, 0.3) is 0 Å². The third-order valence-corrected chi connectivity index (χ3v) is 3.13. The average Bonchev–Trinajstić information content (AvgIpc) is 2.84. The molecule has 2 aliphatic rings. The van der Waals surface area contributed by atoms with Crippen molar-refractivity contribution in [2.24, 2.45) is 5.41 Å². The number of esters is 1. The largest absolute Gasteiger partial charge is 0.468 e. The van der Waals surface area contributed by atoms with E-state index in [1.165, 1.54) is 26.4 Å². The van der Waals surface area contributed by atoms with E-state index in [4.69, 9.17) is 4.74 Å². The summed E-state index contributed by atoms with van der Waals surface area (Å²) in [6.45, 7) is 0.972. The maximum absolute atomic E-state index is 11.2. The molecule has 1 N–H and O–H groups in total. The number of hydrogen-bond donors (Lipinski definition) is 1. The average molecular weight is 169 g/mol. The van der Waals surface area contributed by atoms with E-state index in [1.807, 2.05) is 0 Å². The smallest absolute Gasteiger partial charge is 0.322 e. The summed E-state index contributed by atoms with van der Waals surface area (Å²) in [5, 5.41) is 3.19. The third kappa shape index (κ3) is 1.33. The monoisotopic (exact) mass is 169 g/mol. The molecule has 1 heterocycles. The summed E-state index contributed by atoms with van der Waals surface area (Å²) in [5.74, 6) is -0.0963. The number of rotatable bonds is 1. The first kappa shape index (κ1) is 8.05. The molecule has 68 valence electrons. The standard InChI is InChI=1S/C9H15NO2/c1-12-8(11)7-6-9(2-3-9)4-5-10-7/h7,10H,2-6H2,1H3/t7-/m0/s1. The highest BCUT2D eigenvalue weighted by Gasteiger charge is 2.47. The molecule has 1 saturated heterocycles. The molecule has 1 saturated carbocycles. The van der Waals surface area contributed by atoms with E-state index in [9.17, 15) is 4.79 Å². The Balaban J connectivity index is 1.94. The first-order valence-electron chi connectivity index (χ1n) is 4.57. The Hall–Kier alpha value is -0.570. The second-order valence-corrected chi connectivity index (χ2v) is 3.98. The molecule has 0 aromatic carbocycles. The summed E-state index contributed by atoms with van der Waals surface area (Å²) in [5.41, 5.74) is 0.518. The zero-order chi connectivity index (χ0) is 8.60. The minimum atomic E-state index is -0.0963. The molecule has 0 amide bonds. The zero-order valence-electron chi connectivity index (χ0n) is 7.43. The van der Waals surface area contributed by atoms with Crippen molar-refractivity contribution in [2.75, 3.05) is 13.7 Å². The lowest BCUT2D eigenvalue weighted by Gasteiger charge is -2.28. The van der Waals surface area contributed by atoms with E-state index in [0.717, 1.165) is 13.0 Å². The lowest BCUT2D eigenvalue weighted by atomic mass is 9.89. The van der Waals surface area contributed by atoms with Crippen LogP contribution >= 0.6 is 0 Å². The van der Waals surface area contributed by atoms with Crippen molar-refractivity contribution in [3.8, 4) is 0 Å². The fourth-order valence-electron chi connectivity index (χ4n) is 2.06. The lowest BCUT2D eigenvalue weighted by Crippen LogP contribution is -2.44. The van der Waals surface area contributed by atoms with Gasteiger partial charge in [0.15, 0.2) is 0 Å². The minimum Gasteiger partial charge on any atom is -0.468 e. The van der Waals surface area contributed by atoms with Crippen molar-refractivity contribution in [3.63, 3.8) is 0 Å². The van der Waals surface area contributed by atoms with Crippen molar-refractivity contribution in [3.05, 3.63) is 0 Å². The van der Waals surface area contributed by atoms with E-state index in [0.29, 0.717) is 5.41 Å². The van der Waals surface area contributed by atoms with Gasteiger partial charge in [-0.3, -0.25) is 4.79 Å². The van der Waals surface area contributed by atoms with Gasteiger partial charge in [0.1, 0.15) is 6.04 Å². The van der Waals surface area contributed by atoms with Crippen LogP contribution in [-0.2, 0) is 9.53 Å². The third-order valence-electron chi connectivity index (χ3n) is 3.13. The first-order valence-corrected chi connectivity index (χ1v) is 4.57. The van der Waals surface area contributed by atoms with Gasteiger partial charge in [0, 0.05) is 0 Å². The highest BCUT2D eigenvalue weighted by atomic mass is 16.5. The number of methoxy groups -OCH3 is 1. The van der Waals surface area contributed by atoms with E-state index in [1.54, 1.807) is 0 Å². The molecule has 12 heavy (non-hydrogen) atoms. The number of carbonyl (C=O) groups excluding carboxylic acids is 1. The summed E-state index contributed by atoms with van der Waals surface area (Å²) < 4.78 is 4.71. The summed E-state index contributed by atoms with van der Waals surface area (Å²) in [6, 6.07) is -0.0359. The van der Waals surface area contributed by atoms with Crippen LogP contribution in [0.15, 0.2) is 0 Å². The van der Waals surface area contributed by atoms with Crippen LogP contribution in [0, 0.1) is 5.41 Å². The predicted molar refractivity (Wildman–Crippen MR) is 44.7 cm³/mol. The molecule has 2 fully saturated rings. The fourth-order valence-corrected chi connectivity index (χ4v) is 2.06. The summed E-state index contributed by atoms with van der Waals surface area (Å²) in [4.78, 5) is 11.2. The Morgan fingerprint density at radius 3 is 2.83 bits per heavy atom. The molecule has 1 atom stereocenters. The molecule has 0 aromatic rings. The SMILES string of the molecule is COC(=O)[C@@H]1CC2(CCN1)CC2. The molecule has 1 aliphatic carbocycles. The Bertz CT molecular complexity index is 199. The maximum Gasteiger partial charge on any atom is 0.322 e. The topological polar surface area (TPSA) is 38.3 Å². The van der Waals surface area contributed by atoms with Crippen LogP contribution in [0.1, 0.15) is 25.7 Å². The van der Waals surface area contributed by atoms with Crippen molar-refractivity contribution in [2.45, 2.75) is 31.7 Å². The first-order chi connectivity index (χ1) is 5.76. The summed E-state index contributed by atoms with van der Waals surface area (Å²) >= 11 is 0. The van der Waals surface area contributed by atoms with Crippen molar-refractivity contribution < 1.29 is 9.53 Å². The van der Waals surface area contributed by atoms with Crippen LogP contribution in [0.4, 0.5) is 0 Å². The molecular formula is C9H15NO2. The van der Waals surface area contributed by atoms with Crippen LogP contribution in [0.2, 0.25) is 0 Å². The van der Waals surface area contributed by atoms with E-state index in [2.05, 4.69) is 5.32 Å². The Labute approximate surface area is 72.5 Å². The quantitative estimate of drug-likeness (QED) is 0.587. The molecule has 1 aliphatic heterocycles. The van der Waals surface area contributed by atoms with Crippen LogP contribution in [0.25, 0.3) is 0 Å². The van der Waals surface area contributed by atoms with Crippen molar-refractivity contribution in [1.29, 1.82) is 0 Å². The molecule has 3 heteroatoms. The van der Waals surface area contributed by atoms with Gasteiger partial charge in [-0.1, -0.05) is 0 Å². The molecule has 0 unspecified atom stereocenters. The van der Waals surface area contributed by atoms with Gasteiger partial charge in [-0.2, -0.15) is 0 Å². The molecule has 3 nitrogen and oxygen atoms in total. The highest BCUT2D eigenvalue weighted by Crippen LogP contribution is 2.53. The Morgan fingerprint density at radius 1 is 1.50 bits per heavy atom. The van der Waals surface area contributed by atoms with E-state index >= 15 is 0 Å². The van der Waals surface area contributed by atoms with Gasteiger partial charge in [0.05, 0.1) is 7.11 Å². The molecule has 0 radical (unpaired) electrons. The summed E-state index contributed by atoms with van der Waals surface area (Å²) in [7, 11) is 1.46. The highest BCUT2D eigenvalue weighted by molar-refractivity contribution is 5.75. The van der Waals surface area contributed by atoms with E-state index < -0.39 is 0 Å². The predicted octanol–water partition coefficient (Wildman–Crippen LogP) is 0.692. The zero-order valence-corrected chi connectivity index (χ0v) is 7.43. The maximum atomic E-state index is 11.2. The van der Waals surface area contributed by atoms with Gasteiger partial charge in [-0.15, -0.1) is 0 Å². The van der Waals surface area contributed by atoms with Gasteiger partial charge < -0.3 is 10.1 Å². The number of piperidine rings is 1. The molecule has 1 spiro atoms. The molecule has 2 rings (SSSR count). The Kier molecular flexibility index (Phi) is 1.83. The normalized spacial score (nSPS) is 31.6. The van der Waals surface area contributed by atoms with Crippen molar-refractivity contribution in [1.82, 2.24) is 5.32 Å². The fraction of sp³-hybridized carbons (Fsp3) is 0.889. The molecule has 0 bridgehead atoms. The van der Waals surface area contributed by atoms with Crippen LogP contribution < -0.4 is 5.32 Å². The van der Waals surface area contributed by atoms with Crippen molar-refractivity contribution >= 4 is 5.97 Å². The van der Waals surface area contributed by atoms with Crippen LogP contribution in [0.3, 0.4) is 0 Å². The van der Waals surface area contributed by atoms with Gasteiger partial charge in [-0.25, -0.2) is 0 Å². The van der Waals surface area contributed by atoms with Gasteiger partial charge in [-0.05, 0) is 37.6 Å².